The number of aromatic nitrogens is 2. The predicted molar refractivity (Wildman–Crippen MR) is 73.4 cm³/mol. The van der Waals surface area contributed by atoms with Gasteiger partial charge in [-0.3, -0.25) is 9.89 Å². The van der Waals surface area contributed by atoms with Gasteiger partial charge in [0.2, 0.25) is 0 Å². The van der Waals surface area contributed by atoms with Gasteiger partial charge in [0, 0.05) is 16.3 Å². The monoisotopic (exact) mass is 277 g/mol. The molecule has 0 radical (unpaired) electrons. The van der Waals surface area contributed by atoms with Crippen LogP contribution in [0.4, 0.5) is 5.69 Å². The van der Waals surface area contributed by atoms with E-state index in [1.807, 2.05) is 24.3 Å². The van der Waals surface area contributed by atoms with E-state index >= 15 is 0 Å². The summed E-state index contributed by atoms with van der Waals surface area (Å²) < 4.78 is 1.000. The Balaban J connectivity index is 1.99. The van der Waals surface area contributed by atoms with Gasteiger partial charge in [-0.25, -0.2) is 0 Å². The highest BCUT2D eigenvalue weighted by Crippen LogP contribution is 2.35. The number of aromatic amines is 1. The van der Waals surface area contributed by atoms with Crippen molar-refractivity contribution >= 4 is 44.6 Å². The molecular formula is C12H8ClN3OS. The van der Waals surface area contributed by atoms with E-state index in [2.05, 4.69) is 15.5 Å². The number of amides is 1. The van der Waals surface area contributed by atoms with Crippen molar-refractivity contribution in [2.24, 2.45) is 0 Å². The van der Waals surface area contributed by atoms with Crippen LogP contribution in [0, 0.1) is 0 Å². The van der Waals surface area contributed by atoms with E-state index in [-0.39, 0.29) is 5.91 Å². The highest BCUT2D eigenvalue weighted by Gasteiger charge is 2.17. The van der Waals surface area contributed by atoms with Gasteiger partial charge in [0.15, 0.2) is 0 Å². The van der Waals surface area contributed by atoms with Crippen molar-refractivity contribution < 1.29 is 4.79 Å². The quantitative estimate of drug-likeness (QED) is 0.753. The number of hydrogen-bond acceptors (Lipinski definition) is 3. The van der Waals surface area contributed by atoms with Gasteiger partial charge in [0.1, 0.15) is 4.88 Å². The molecule has 0 bridgehead atoms. The van der Waals surface area contributed by atoms with Crippen LogP contribution in [0.2, 0.25) is 5.02 Å². The Kier molecular flexibility index (Phi) is 2.77. The molecule has 0 aliphatic rings. The Bertz CT molecular complexity index is 705. The van der Waals surface area contributed by atoms with Crippen molar-refractivity contribution in [2.45, 2.75) is 0 Å². The maximum absolute atomic E-state index is 12.1. The molecule has 18 heavy (non-hydrogen) atoms. The van der Waals surface area contributed by atoms with Crippen LogP contribution in [0.5, 0.6) is 0 Å². The van der Waals surface area contributed by atoms with Crippen LogP contribution >= 0.6 is 22.9 Å². The first-order valence-electron chi connectivity index (χ1n) is 5.23. The second-order valence-electron chi connectivity index (χ2n) is 3.68. The Labute approximate surface area is 112 Å². The summed E-state index contributed by atoms with van der Waals surface area (Å²) in [5, 5.41) is 10.5. The van der Waals surface area contributed by atoms with Gasteiger partial charge in [-0.2, -0.15) is 5.10 Å². The first-order valence-corrected chi connectivity index (χ1v) is 6.42. The number of hydrogen-bond donors (Lipinski definition) is 2. The van der Waals surface area contributed by atoms with Gasteiger partial charge in [-0.05, 0) is 6.07 Å². The Morgan fingerprint density at radius 2 is 2.22 bits per heavy atom. The number of nitrogens with one attached hydrogen (secondary N) is 2. The SMILES string of the molecule is O=C(Nc1cn[nH]c1)c1sc2ccccc2c1Cl. The molecule has 0 atom stereocenters. The summed E-state index contributed by atoms with van der Waals surface area (Å²) >= 11 is 7.60. The molecule has 2 heterocycles. The molecule has 3 rings (SSSR count). The lowest BCUT2D eigenvalue weighted by Crippen LogP contribution is -2.09. The van der Waals surface area contributed by atoms with Crippen LogP contribution in [0.25, 0.3) is 10.1 Å². The number of carbonyl (C=O) groups excluding carboxylic acids is 1. The summed E-state index contributed by atoms with van der Waals surface area (Å²) in [6, 6.07) is 7.68. The largest absolute Gasteiger partial charge is 0.319 e. The molecule has 6 heteroatoms. The van der Waals surface area contributed by atoms with E-state index in [1.54, 1.807) is 12.4 Å². The number of benzene rings is 1. The zero-order valence-electron chi connectivity index (χ0n) is 9.11. The number of H-pyrrole nitrogens is 1. The van der Waals surface area contributed by atoms with Crippen LogP contribution in [0.15, 0.2) is 36.7 Å². The smallest absolute Gasteiger partial charge is 0.267 e. The normalized spacial score (nSPS) is 10.7. The molecule has 0 aliphatic heterocycles. The van der Waals surface area contributed by atoms with E-state index in [0.29, 0.717) is 15.6 Å². The number of anilines is 1. The average molecular weight is 278 g/mol. The minimum Gasteiger partial charge on any atom is -0.319 e. The molecule has 0 saturated carbocycles. The number of fused-ring (bicyclic) bond motifs is 1. The van der Waals surface area contributed by atoms with Crippen molar-refractivity contribution in [1.29, 1.82) is 0 Å². The Hall–Kier alpha value is -1.85. The summed E-state index contributed by atoms with van der Waals surface area (Å²) in [6.45, 7) is 0. The van der Waals surface area contributed by atoms with Gasteiger partial charge in [0.05, 0.1) is 16.9 Å². The van der Waals surface area contributed by atoms with E-state index in [1.165, 1.54) is 11.3 Å². The fourth-order valence-corrected chi connectivity index (χ4v) is 3.08. The highest BCUT2D eigenvalue weighted by atomic mass is 35.5. The van der Waals surface area contributed by atoms with Crippen LogP contribution < -0.4 is 5.32 Å². The first-order chi connectivity index (χ1) is 8.75. The zero-order chi connectivity index (χ0) is 12.5. The molecule has 4 nitrogen and oxygen atoms in total. The Morgan fingerprint density at radius 1 is 1.39 bits per heavy atom. The molecule has 2 N–H and O–H groups in total. The number of rotatable bonds is 2. The first kappa shape index (κ1) is 11.3. The standard InChI is InChI=1S/C12H8ClN3OS/c13-10-8-3-1-2-4-9(8)18-11(10)12(17)16-7-5-14-15-6-7/h1-6H,(H,14,15)(H,16,17). The molecule has 3 aromatic rings. The second-order valence-corrected chi connectivity index (χ2v) is 5.11. The molecule has 2 aromatic heterocycles. The lowest BCUT2D eigenvalue weighted by Gasteiger charge is -1.99. The summed E-state index contributed by atoms with van der Waals surface area (Å²) in [7, 11) is 0. The molecule has 90 valence electrons. The number of carbonyl (C=O) groups is 1. The molecule has 0 aliphatic carbocycles. The van der Waals surface area contributed by atoms with E-state index < -0.39 is 0 Å². The third-order valence-electron chi connectivity index (χ3n) is 2.50. The van der Waals surface area contributed by atoms with Crippen molar-refractivity contribution in [1.82, 2.24) is 10.2 Å². The van der Waals surface area contributed by atoms with E-state index in [0.717, 1.165) is 10.1 Å². The third-order valence-corrected chi connectivity index (χ3v) is 4.17. The summed E-state index contributed by atoms with van der Waals surface area (Å²) in [6.07, 6.45) is 3.15. The predicted octanol–water partition coefficient (Wildman–Crippen LogP) is 3.53. The summed E-state index contributed by atoms with van der Waals surface area (Å²) in [4.78, 5) is 12.6. The molecule has 0 fully saturated rings. The second kappa shape index (κ2) is 4.44. The van der Waals surface area contributed by atoms with Crippen LogP contribution in [-0.2, 0) is 0 Å². The van der Waals surface area contributed by atoms with Gasteiger partial charge in [-0.15, -0.1) is 11.3 Å². The van der Waals surface area contributed by atoms with Crippen molar-refractivity contribution in [3.8, 4) is 0 Å². The number of nitrogens with zero attached hydrogens (tertiary/aromatic N) is 1. The lowest BCUT2D eigenvalue weighted by atomic mass is 10.2. The molecule has 0 unspecified atom stereocenters. The molecular weight excluding hydrogens is 270 g/mol. The summed E-state index contributed by atoms with van der Waals surface area (Å²) in [5.74, 6) is -0.220. The maximum Gasteiger partial charge on any atom is 0.267 e. The lowest BCUT2D eigenvalue weighted by molar-refractivity contribution is 0.103. The minimum atomic E-state index is -0.220. The van der Waals surface area contributed by atoms with Crippen LogP contribution in [0.1, 0.15) is 9.67 Å². The zero-order valence-corrected chi connectivity index (χ0v) is 10.7. The van der Waals surface area contributed by atoms with Gasteiger partial charge in [0.25, 0.3) is 5.91 Å². The summed E-state index contributed by atoms with van der Waals surface area (Å²) in [5.41, 5.74) is 0.619. The van der Waals surface area contributed by atoms with Crippen molar-refractivity contribution in [3.05, 3.63) is 46.6 Å². The van der Waals surface area contributed by atoms with Crippen LogP contribution in [0.3, 0.4) is 0 Å². The maximum atomic E-state index is 12.1. The number of halogens is 1. The minimum absolute atomic E-state index is 0.220. The third kappa shape index (κ3) is 1.87. The van der Waals surface area contributed by atoms with Gasteiger partial charge in [-0.1, -0.05) is 29.8 Å². The highest BCUT2D eigenvalue weighted by molar-refractivity contribution is 7.21. The molecule has 0 spiro atoms. The fraction of sp³-hybridized carbons (Fsp3) is 0. The topological polar surface area (TPSA) is 57.8 Å². The fourth-order valence-electron chi connectivity index (χ4n) is 1.67. The molecule has 1 amide bonds. The molecule has 1 aromatic carbocycles. The van der Waals surface area contributed by atoms with Gasteiger partial charge < -0.3 is 5.32 Å². The molecule has 0 saturated heterocycles. The average Bonchev–Trinajstić information content (AvgIpc) is 2.98. The van der Waals surface area contributed by atoms with Crippen LogP contribution in [-0.4, -0.2) is 16.1 Å². The Morgan fingerprint density at radius 3 is 2.94 bits per heavy atom. The van der Waals surface area contributed by atoms with E-state index in [9.17, 15) is 4.79 Å². The van der Waals surface area contributed by atoms with E-state index in [4.69, 9.17) is 11.6 Å². The number of thiophene rings is 1. The van der Waals surface area contributed by atoms with Gasteiger partial charge >= 0.3 is 0 Å². The van der Waals surface area contributed by atoms with Crippen molar-refractivity contribution in [3.63, 3.8) is 0 Å². The van der Waals surface area contributed by atoms with Crippen molar-refractivity contribution in [2.75, 3.05) is 5.32 Å².